The minimum Gasteiger partial charge on any atom is -0.298 e. The average Bonchev–Trinajstić information content (AvgIpc) is 3.22. The topological polar surface area (TPSA) is 42.0 Å². The van der Waals surface area contributed by atoms with Gasteiger partial charge in [0.05, 0.1) is 21.1 Å². The van der Waals surface area contributed by atoms with Crippen LogP contribution in [0.15, 0.2) is 118 Å². The number of nitrogens with one attached hydrogen (secondary N) is 1. The lowest BCUT2D eigenvalue weighted by Gasteiger charge is -2.08. The number of anilines is 1. The molecule has 0 saturated carbocycles. The number of carbonyl (C=O) groups excluding carboxylic acids is 1. The molecule has 5 rings (SSSR count). The van der Waals surface area contributed by atoms with E-state index in [1.165, 1.54) is 31.6 Å². The summed E-state index contributed by atoms with van der Waals surface area (Å²) in [7, 11) is -0.229. The Morgan fingerprint density at radius 1 is 0.781 bits per heavy atom. The molecular formula is C27H21N2OS2+. The minimum atomic E-state index is -0.229. The quantitative estimate of drug-likeness (QED) is 0.293. The highest BCUT2D eigenvalue weighted by molar-refractivity contribution is 7.97. The van der Waals surface area contributed by atoms with Crippen LogP contribution in [-0.2, 0) is 10.9 Å². The second-order valence-corrected chi connectivity index (χ2v) is 10.5. The number of amides is 1. The lowest BCUT2D eigenvalue weighted by Crippen LogP contribution is -2.12. The average molecular weight is 454 g/mol. The summed E-state index contributed by atoms with van der Waals surface area (Å²) < 4.78 is 1.07. The maximum Gasteiger partial charge on any atom is 0.257 e. The van der Waals surface area contributed by atoms with E-state index in [4.69, 9.17) is 0 Å². The van der Waals surface area contributed by atoms with Crippen molar-refractivity contribution in [1.29, 1.82) is 0 Å². The van der Waals surface area contributed by atoms with Gasteiger partial charge < -0.3 is 0 Å². The van der Waals surface area contributed by atoms with Crippen molar-refractivity contribution in [3.05, 3.63) is 114 Å². The number of thiazole rings is 1. The molecule has 0 bridgehead atoms. The molecule has 0 spiro atoms. The van der Waals surface area contributed by atoms with Gasteiger partial charge in [0.15, 0.2) is 19.8 Å². The zero-order valence-electron chi connectivity index (χ0n) is 17.5. The van der Waals surface area contributed by atoms with E-state index < -0.39 is 0 Å². The molecule has 156 valence electrons. The lowest BCUT2D eigenvalue weighted by atomic mass is 10.2. The first kappa shape index (κ1) is 20.5. The van der Waals surface area contributed by atoms with Crippen molar-refractivity contribution in [2.45, 2.75) is 21.6 Å². The van der Waals surface area contributed by atoms with E-state index in [0.29, 0.717) is 10.7 Å². The molecule has 4 aromatic carbocycles. The fraction of sp³-hybridized carbons (Fsp3) is 0.0370. The molecule has 1 heterocycles. The number of nitrogens with zero attached hydrogens (tertiary/aromatic N) is 1. The third-order valence-corrected chi connectivity index (χ3v) is 8.24. The summed E-state index contributed by atoms with van der Waals surface area (Å²) in [6.45, 7) is 2.05. The van der Waals surface area contributed by atoms with Crippen molar-refractivity contribution >= 4 is 43.5 Å². The monoisotopic (exact) mass is 453 g/mol. The first-order valence-corrected chi connectivity index (χ1v) is 12.3. The second kappa shape index (κ2) is 8.99. The molecule has 0 fully saturated rings. The van der Waals surface area contributed by atoms with Crippen molar-refractivity contribution in [3.8, 4) is 0 Å². The van der Waals surface area contributed by atoms with Gasteiger partial charge in [-0.25, -0.2) is 4.98 Å². The molecule has 0 saturated heterocycles. The maximum absolute atomic E-state index is 12.8. The first-order valence-electron chi connectivity index (χ1n) is 10.3. The number of rotatable bonds is 5. The molecule has 0 aliphatic carbocycles. The summed E-state index contributed by atoms with van der Waals surface area (Å²) in [4.78, 5) is 21.0. The Bertz CT molecular complexity index is 1320. The zero-order chi connectivity index (χ0) is 21.9. The zero-order valence-corrected chi connectivity index (χ0v) is 19.1. The Labute approximate surface area is 194 Å². The molecule has 0 unspecified atom stereocenters. The normalized spacial score (nSPS) is 11.1. The standard InChI is InChI=1S/C27H20N2OS2/c1-19-12-17-24-25(18-19)31-27(28-24)29-26(30)20-13-15-23(16-14-20)32(21-8-4-2-5-9-21)22-10-6-3-7-11-22/h2-18H,1H3/p+1. The predicted molar refractivity (Wildman–Crippen MR) is 134 cm³/mol. The van der Waals surface area contributed by atoms with Gasteiger partial charge in [-0.3, -0.25) is 10.1 Å². The molecule has 3 nitrogen and oxygen atoms in total. The highest BCUT2D eigenvalue weighted by Gasteiger charge is 2.28. The summed E-state index contributed by atoms with van der Waals surface area (Å²) in [5.41, 5.74) is 2.71. The Morgan fingerprint density at radius 2 is 1.38 bits per heavy atom. The van der Waals surface area contributed by atoms with Crippen LogP contribution in [0.2, 0.25) is 0 Å². The van der Waals surface area contributed by atoms with Crippen LogP contribution in [0.3, 0.4) is 0 Å². The lowest BCUT2D eigenvalue weighted by molar-refractivity contribution is 0.102. The summed E-state index contributed by atoms with van der Waals surface area (Å²) in [6, 6.07) is 35.0. The van der Waals surface area contributed by atoms with Crippen LogP contribution < -0.4 is 5.32 Å². The molecule has 1 amide bonds. The van der Waals surface area contributed by atoms with Gasteiger partial charge in [-0.15, -0.1) is 0 Å². The third-order valence-electron chi connectivity index (χ3n) is 5.07. The van der Waals surface area contributed by atoms with Gasteiger partial charge >= 0.3 is 0 Å². The van der Waals surface area contributed by atoms with E-state index in [0.717, 1.165) is 10.2 Å². The van der Waals surface area contributed by atoms with Crippen LogP contribution in [0.25, 0.3) is 10.2 Å². The van der Waals surface area contributed by atoms with Gasteiger partial charge in [0.2, 0.25) is 0 Å². The number of hydrogen-bond acceptors (Lipinski definition) is 3. The van der Waals surface area contributed by atoms with E-state index in [9.17, 15) is 4.79 Å². The fourth-order valence-corrected chi connectivity index (χ4v) is 6.56. The van der Waals surface area contributed by atoms with Crippen LogP contribution in [0.4, 0.5) is 5.13 Å². The molecule has 5 aromatic rings. The molecule has 1 aromatic heterocycles. The van der Waals surface area contributed by atoms with E-state index in [-0.39, 0.29) is 16.8 Å². The SMILES string of the molecule is Cc1ccc2nc(NC(=O)c3ccc([S+](c4ccccc4)c4ccccc4)cc3)sc2c1. The van der Waals surface area contributed by atoms with Crippen LogP contribution in [0.1, 0.15) is 15.9 Å². The number of aryl methyl sites for hydroxylation is 1. The van der Waals surface area contributed by atoms with E-state index in [1.807, 2.05) is 36.4 Å². The van der Waals surface area contributed by atoms with Crippen LogP contribution in [0, 0.1) is 6.92 Å². The molecule has 32 heavy (non-hydrogen) atoms. The van der Waals surface area contributed by atoms with Crippen LogP contribution >= 0.6 is 11.3 Å². The van der Waals surface area contributed by atoms with Crippen molar-refractivity contribution in [1.82, 2.24) is 4.98 Å². The summed E-state index contributed by atoms with van der Waals surface area (Å²) in [5.74, 6) is -0.147. The van der Waals surface area contributed by atoms with Crippen molar-refractivity contribution in [2.75, 3.05) is 5.32 Å². The molecule has 0 aliphatic rings. The smallest absolute Gasteiger partial charge is 0.257 e. The van der Waals surface area contributed by atoms with E-state index in [1.54, 1.807) is 0 Å². The molecular weight excluding hydrogens is 432 g/mol. The first-order chi connectivity index (χ1) is 15.7. The number of fused-ring (bicyclic) bond motifs is 1. The van der Waals surface area contributed by atoms with Crippen LogP contribution in [-0.4, -0.2) is 10.9 Å². The van der Waals surface area contributed by atoms with Crippen molar-refractivity contribution in [3.63, 3.8) is 0 Å². The molecule has 1 N–H and O–H groups in total. The number of aromatic nitrogens is 1. The molecule has 0 radical (unpaired) electrons. The van der Waals surface area contributed by atoms with Gasteiger partial charge in [-0.1, -0.05) is 53.8 Å². The molecule has 5 heteroatoms. The number of hydrogen-bond donors (Lipinski definition) is 1. The van der Waals surface area contributed by atoms with Crippen LogP contribution in [0.5, 0.6) is 0 Å². The van der Waals surface area contributed by atoms with Gasteiger partial charge in [0.25, 0.3) is 5.91 Å². The Morgan fingerprint density at radius 3 is 2.00 bits per heavy atom. The molecule has 0 atom stereocenters. The van der Waals surface area contributed by atoms with Gasteiger partial charge in [-0.2, -0.15) is 0 Å². The second-order valence-electron chi connectivity index (χ2n) is 7.40. The summed E-state index contributed by atoms with van der Waals surface area (Å²) in [6.07, 6.45) is 0. The van der Waals surface area contributed by atoms with Crippen molar-refractivity contribution in [2.24, 2.45) is 0 Å². The maximum atomic E-state index is 12.8. The van der Waals surface area contributed by atoms with Gasteiger partial charge in [-0.05, 0) is 73.2 Å². The van der Waals surface area contributed by atoms with Gasteiger partial charge in [0.1, 0.15) is 0 Å². The predicted octanol–water partition coefficient (Wildman–Crippen LogP) is 6.95. The highest BCUT2D eigenvalue weighted by atomic mass is 32.2. The Kier molecular flexibility index (Phi) is 5.75. The minimum absolute atomic E-state index is 0.147. The van der Waals surface area contributed by atoms with E-state index in [2.05, 4.69) is 84.0 Å². The Hall–Kier alpha value is -3.41. The molecule has 0 aliphatic heterocycles. The fourth-order valence-electron chi connectivity index (χ4n) is 3.52. The number of carbonyl (C=O) groups is 1. The Balaban J connectivity index is 1.41. The van der Waals surface area contributed by atoms with Gasteiger partial charge in [0, 0.05) is 5.56 Å². The summed E-state index contributed by atoms with van der Waals surface area (Å²) >= 11 is 1.50. The largest absolute Gasteiger partial charge is 0.298 e. The number of benzene rings is 4. The third kappa shape index (κ3) is 4.31. The van der Waals surface area contributed by atoms with E-state index >= 15 is 0 Å². The highest BCUT2D eigenvalue weighted by Crippen LogP contribution is 2.31. The van der Waals surface area contributed by atoms with Crippen molar-refractivity contribution < 1.29 is 4.79 Å². The summed E-state index contributed by atoms with van der Waals surface area (Å²) in [5, 5.41) is 3.57.